The number of rotatable bonds is 5. The Labute approximate surface area is 176 Å². The molecule has 0 spiro atoms. The Morgan fingerprint density at radius 2 is 1.97 bits per heavy atom. The third-order valence-corrected chi connectivity index (χ3v) is 5.26. The number of ether oxygens (including phenoxy) is 1. The number of hydrogen-bond donors (Lipinski definition) is 2. The van der Waals surface area contributed by atoms with E-state index >= 15 is 0 Å². The number of likely N-dealkylation sites (tertiary alicyclic amines) is 1. The number of aromatic nitrogens is 1. The van der Waals surface area contributed by atoms with Crippen LogP contribution in [-0.2, 0) is 27.8 Å². The Morgan fingerprint density at radius 3 is 2.63 bits per heavy atom. The fourth-order valence-corrected chi connectivity index (χ4v) is 3.98. The minimum atomic E-state index is -0.870. The molecule has 2 aromatic rings. The first-order valence-electron chi connectivity index (χ1n) is 10.2. The molecule has 1 aliphatic rings. The smallest absolute Gasteiger partial charge is 0.408 e. The van der Waals surface area contributed by atoms with E-state index in [0.29, 0.717) is 19.4 Å². The zero-order valence-electron chi connectivity index (χ0n) is 18.0. The van der Waals surface area contributed by atoms with Gasteiger partial charge in [-0.15, -0.1) is 0 Å². The number of carbonyl (C=O) groups excluding carboxylic acids is 3. The molecule has 8 nitrogen and oxygen atoms in total. The molecule has 1 aliphatic heterocycles. The highest BCUT2D eigenvalue weighted by molar-refractivity contribution is 5.92. The number of fused-ring (bicyclic) bond motifs is 1. The van der Waals surface area contributed by atoms with Crippen molar-refractivity contribution in [3.05, 3.63) is 36.0 Å². The van der Waals surface area contributed by atoms with Gasteiger partial charge in [-0.3, -0.25) is 9.59 Å². The van der Waals surface area contributed by atoms with Crippen molar-refractivity contribution in [3.63, 3.8) is 0 Å². The standard InChI is InChI=1S/C22H30N4O4/c1-22(2,3)30-21(29)24-16(20(28)26-11-7-10-18(26)19(23)27)12-14-13-25(4)17-9-6-5-8-15(14)17/h5-6,8-9,13,16,18H,7,10-12H2,1-4H3,(H2,23,27)(H,24,29)/t16-,18+/m1/s1. The lowest BCUT2D eigenvalue weighted by atomic mass is 10.0. The van der Waals surface area contributed by atoms with Crippen molar-refractivity contribution >= 4 is 28.8 Å². The fraction of sp³-hybridized carbons (Fsp3) is 0.500. The van der Waals surface area contributed by atoms with Crippen LogP contribution in [0.3, 0.4) is 0 Å². The van der Waals surface area contributed by atoms with Gasteiger partial charge in [-0.25, -0.2) is 4.79 Å². The maximum atomic E-state index is 13.3. The van der Waals surface area contributed by atoms with Crippen molar-refractivity contribution in [3.8, 4) is 0 Å². The molecule has 3 N–H and O–H groups in total. The van der Waals surface area contributed by atoms with Gasteiger partial charge in [0.05, 0.1) is 0 Å². The van der Waals surface area contributed by atoms with Crippen LogP contribution in [0.1, 0.15) is 39.2 Å². The minimum Gasteiger partial charge on any atom is -0.444 e. The summed E-state index contributed by atoms with van der Waals surface area (Å²) >= 11 is 0. The zero-order chi connectivity index (χ0) is 22.1. The highest BCUT2D eigenvalue weighted by Crippen LogP contribution is 2.24. The number of para-hydroxylation sites is 1. The summed E-state index contributed by atoms with van der Waals surface area (Å²) in [5, 5.41) is 3.73. The second-order valence-corrected chi connectivity index (χ2v) is 8.78. The van der Waals surface area contributed by atoms with Gasteiger partial charge in [0.15, 0.2) is 0 Å². The number of nitrogens with one attached hydrogen (secondary N) is 1. The Hall–Kier alpha value is -3.03. The summed E-state index contributed by atoms with van der Waals surface area (Å²) in [4.78, 5) is 39.1. The van der Waals surface area contributed by atoms with Crippen molar-refractivity contribution < 1.29 is 19.1 Å². The number of nitrogens with zero attached hydrogens (tertiary/aromatic N) is 2. The molecule has 0 unspecified atom stereocenters. The second kappa shape index (κ2) is 8.38. The van der Waals surface area contributed by atoms with Crippen LogP contribution in [0.4, 0.5) is 4.79 Å². The predicted molar refractivity (Wildman–Crippen MR) is 114 cm³/mol. The third-order valence-electron chi connectivity index (χ3n) is 5.26. The molecule has 3 rings (SSSR count). The van der Waals surface area contributed by atoms with Gasteiger partial charge in [0, 0.05) is 37.1 Å². The van der Waals surface area contributed by atoms with Gasteiger partial charge < -0.3 is 25.3 Å². The Bertz CT molecular complexity index is 960. The molecule has 1 aromatic heterocycles. The van der Waals surface area contributed by atoms with Crippen LogP contribution in [0, 0.1) is 0 Å². The van der Waals surface area contributed by atoms with Crippen molar-refractivity contribution in [2.75, 3.05) is 6.54 Å². The Balaban J connectivity index is 1.89. The lowest BCUT2D eigenvalue weighted by Crippen LogP contribution is -2.54. The molecular formula is C22H30N4O4. The van der Waals surface area contributed by atoms with E-state index in [0.717, 1.165) is 16.5 Å². The summed E-state index contributed by atoms with van der Waals surface area (Å²) in [6, 6.07) is 6.36. The molecule has 8 heteroatoms. The highest BCUT2D eigenvalue weighted by atomic mass is 16.6. The molecule has 0 aliphatic carbocycles. The number of alkyl carbamates (subject to hydrolysis) is 1. The van der Waals surface area contributed by atoms with Crippen LogP contribution in [0.5, 0.6) is 0 Å². The first kappa shape index (κ1) is 21.7. The van der Waals surface area contributed by atoms with Crippen molar-refractivity contribution in [1.82, 2.24) is 14.8 Å². The molecule has 2 atom stereocenters. The van der Waals surface area contributed by atoms with Gasteiger partial charge in [0.25, 0.3) is 0 Å². The van der Waals surface area contributed by atoms with Crippen LogP contribution in [0.2, 0.25) is 0 Å². The number of primary amides is 1. The zero-order valence-corrected chi connectivity index (χ0v) is 18.0. The largest absolute Gasteiger partial charge is 0.444 e. The summed E-state index contributed by atoms with van der Waals surface area (Å²) in [5.74, 6) is -0.850. The van der Waals surface area contributed by atoms with Crippen molar-refractivity contribution in [2.24, 2.45) is 12.8 Å². The van der Waals surface area contributed by atoms with E-state index in [1.54, 1.807) is 20.8 Å². The molecule has 2 heterocycles. The molecule has 3 amide bonds. The van der Waals surface area contributed by atoms with Gasteiger partial charge in [0.1, 0.15) is 17.7 Å². The van der Waals surface area contributed by atoms with Crippen LogP contribution < -0.4 is 11.1 Å². The van der Waals surface area contributed by atoms with Gasteiger partial charge in [-0.05, 0) is 45.2 Å². The minimum absolute atomic E-state index is 0.279. The van der Waals surface area contributed by atoms with Crippen molar-refractivity contribution in [1.29, 1.82) is 0 Å². The van der Waals surface area contributed by atoms with E-state index in [4.69, 9.17) is 10.5 Å². The summed E-state index contributed by atoms with van der Waals surface area (Å²) < 4.78 is 7.36. The molecule has 1 fully saturated rings. The SMILES string of the molecule is Cn1cc(C[C@@H](NC(=O)OC(C)(C)C)C(=O)N2CCC[C@H]2C(N)=O)c2ccccc21. The number of amides is 3. The van der Waals surface area contributed by atoms with Crippen molar-refractivity contribution in [2.45, 2.75) is 57.7 Å². The van der Waals surface area contributed by atoms with E-state index in [1.807, 2.05) is 42.1 Å². The van der Waals surface area contributed by atoms with E-state index in [2.05, 4.69) is 5.32 Å². The highest BCUT2D eigenvalue weighted by Gasteiger charge is 2.37. The van der Waals surface area contributed by atoms with Gasteiger partial charge in [0.2, 0.25) is 11.8 Å². The second-order valence-electron chi connectivity index (χ2n) is 8.78. The molecule has 0 radical (unpaired) electrons. The monoisotopic (exact) mass is 414 g/mol. The summed E-state index contributed by atoms with van der Waals surface area (Å²) in [7, 11) is 1.94. The fourth-order valence-electron chi connectivity index (χ4n) is 3.98. The number of nitrogens with two attached hydrogens (primary N) is 1. The van der Waals surface area contributed by atoms with Crippen LogP contribution in [-0.4, -0.2) is 51.6 Å². The van der Waals surface area contributed by atoms with Gasteiger partial charge in [-0.2, -0.15) is 0 Å². The van der Waals surface area contributed by atoms with Crippen LogP contribution >= 0.6 is 0 Å². The first-order chi connectivity index (χ1) is 14.1. The molecule has 0 bridgehead atoms. The van der Waals surface area contributed by atoms with Crippen LogP contribution in [0.25, 0.3) is 10.9 Å². The number of aryl methyl sites for hydroxylation is 1. The van der Waals surface area contributed by atoms with Gasteiger partial charge >= 0.3 is 6.09 Å². The van der Waals surface area contributed by atoms with Crippen LogP contribution in [0.15, 0.2) is 30.5 Å². The Kier molecular flexibility index (Phi) is 6.05. The van der Waals surface area contributed by atoms with E-state index in [9.17, 15) is 14.4 Å². The lowest BCUT2D eigenvalue weighted by molar-refractivity contribution is -0.139. The normalized spacial score (nSPS) is 17.7. The van der Waals surface area contributed by atoms with Gasteiger partial charge in [-0.1, -0.05) is 18.2 Å². The first-order valence-corrected chi connectivity index (χ1v) is 10.2. The lowest BCUT2D eigenvalue weighted by Gasteiger charge is -2.28. The number of benzene rings is 1. The summed E-state index contributed by atoms with van der Waals surface area (Å²) in [5.41, 5.74) is 6.76. The quantitative estimate of drug-likeness (QED) is 0.781. The van der Waals surface area contributed by atoms with E-state index in [1.165, 1.54) is 4.90 Å². The average molecular weight is 415 g/mol. The molecule has 0 saturated carbocycles. The summed E-state index contributed by atoms with van der Waals surface area (Å²) in [6.45, 7) is 5.72. The molecular weight excluding hydrogens is 384 g/mol. The molecule has 1 aromatic carbocycles. The average Bonchev–Trinajstić information content (AvgIpc) is 3.25. The molecule has 1 saturated heterocycles. The topological polar surface area (TPSA) is 107 Å². The maximum Gasteiger partial charge on any atom is 0.408 e. The Morgan fingerprint density at radius 1 is 1.27 bits per heavy atom. The molecule has 162 valence electrons. The number of hydrogen-bond acceptors (Lipinski definition) is 4. The molecule has 30 heavy (non-hydrogen) atoms. The maximum absolute atomic E-state index is 13.3. The predicted octanol–water partition coefficient (Wildman–Crippen LogP) is 2.09. The van der Waals surface area contributed by atoms with E-state index in [-0.39, 0.29) is 12.3 Å². The summed E-state index contributed by atoms with van der Waals surface area (Å²) in [6.07, 6.45) is 2.80. The third kappa shape index (κ3) is 4.75. The number of carbonyl (C=O) groups is 3. The van der Waals surface area contributed by atoms with E-state index < -0.39 is 29.7 Å².